The van der Waals surface area contributed by atoms with Crippen molar-refractivity contribution < 1.29 is 18.7 Å². The summed E-state index contributed by atoms with van der Waals surface area (Å²) in [6.07, 6.45) is 0. The summed E-state index contributed by atoms with van der Waals surface area (Å²) in [4.78, 5) is 12.3. The molecule has 0 radical (unpaired) electrons. The second kappa shape index (κ2) is 8.80. The number of allylic oxidation sites excluding steroid dienone is 1. The van der Waals surface area contributed by atoms with Crippen molar-refractivity contribution in [1.29, 1.82) is 0 Å². The van der Waals surface area contributed by atoms with Gasteiger partial charge in [-0.2, -0.15) is 0 Å². The van der Waals surface area contributed by atoms with E-state index in [-0.39, 0.29) is 23.0 Å². The molecule has 2 aromatic carbocycles. The lowest BCUT2D eigenvalue weighted by Crippen LogP contribution is -2.44. The number of benzene rings is 2. The van der Waals surface area contributed by atoms with Gasteiger partial charge >= 0.3 is 0 Å². The number of para-hydroxylation sites is 1. The van der Waals surface area contributed by atoms with Crippen LogP contribution in [0.3, 0.4) is 0 Å². The average Bonchev–Trinajstić information content (AvgIpc) is 2.66. The summed E-state index contributed by atoms with van der Waals surface area (Å²) in [5.74, 6) is 0.251. The molecule has 0 aliphatic carbocycles. The summed E-state index contributed by atoms with van der Waals surface area (Å²) in [5, 5.41) is 6.74. The number of nitrogens with one attached hydrogen (secondary N) is 2. The second-order valence-corrected chi connectivity index (χ2v) is 7.31. The fourth-order valence-electron chi connectivity index (χ4n) is 3.28. The Morgan fingerprint density at radius 3 is 2.66 bits per heavy atom. The van der Waals surface area contributed by atoms with Gasteiger partial charge in [-0.05, 0) is 44.3 Å². The van der Waals surface area contributed by atoms with Crippen molar-refractivity contribution in [3.63, 3.8) is 0 Å². The molecule has 2 aromatic rings. The van der Waals surface area contributed by atoms with Crippen molar-refractivity contribution in [3.8, 4) is 11.5 Å². The van der Waals surface area contributed by atoms with E-state index in [1.165, 1.54) is 26.2 Å². The molecular weight excluding hydrogens is 415 g/mol. The molecule has 3 rings (SSSR count). The van der Waals surface area contributed by atoms with Crippen LogP contribution in [-0.2, 0) is 11.4 Å². The van der Waals surface area contributed by atoms with Gasteiger partial charge in [-0.1, -0.05) is 29.8 Å². The molecule has 1 aliphatic heterocycles. The summed E-state index contributed by atoms with van der Waals surface area (Å²) in [6, 6.07) is 9.23. The Hall–Kier alpha value is -2.64. The molecular formula is C21H20ClFN2O3S. The first-order chi connectivity index (χ1) is 13.8. The number of ketones is 1. The van der Waals surface area contributed by atoms with Gasteiger partial charge < -0.3 is 20.1 Å². The molecule has 0 bridgehead atoms. The van der Waals surface area contributed by atoms with Crippen LogP contribution in [0.4, 0.5) is 4.39 Å². The van der Waals surface area contributed by atoms with Crippen molar-refractivity contribution in [3.05, 3.63) is 69.6 Å². The van der Waals surface area contributed by atoms with Crippen LogP contribution < -0.4 is 20.1 Å². The van der Waals surface area contributed by atoms with Gasteiger partial charge in [0.15, 0.2) is 22.4 Å². The number of hydrogen-bond donors (Lipinski definition) is 2. The van der Waals surface area contributed by atoms with Crippen molar-refractivity contribution in [2.75, 3.05) is 7.11 Å². The number of ether oxygens (including phenoxy) is 2. The Morgan fingerprint density at radius 2 is 2.00 bits per heavy atom. The van der Waals surface area contributed by atoms with Crippen LogP contribution in [0.15, 0.2) is 47.7 Å². The largest absolute Gasteiger partial charge is 0.493 e. The number of rotatable bonds is 6. The van der Waals surface area contributed by atoms with Crippen LogP contribution in [0, 0.1) is 5.82 Å². The zero-order valence-electron chi connectivity index (χ0n) is 16.1. The van der Waals surface area contributed by atoms with Gasteiger partial charge in [-0.15, -0.1) is 0 Å². The summed E-state index contributed by atoms with van der Waals surface area (Å²) >= 11 is 11.4. The Labute approximate surface area is 178 Å². The van der Waals surface area contributed by atoms with Gasteiger partial charge in [-0.25, -0.2) is 4.39 Å². The molecule has 5 nitrogen and oxygen atoms in total. The smallest absolute Gasteiger partial charge is 0.171 e. The third-order valence-electron chi connectivity index (χ3n) is 4.61. The average molecular weight is 435 g/mol. The molecule has 1 aliphatic rings. The van der Waals surface area contributed by atoms with E-state index in [1.807, 2.05) is 6.07 Å². The minimum Gasteiger partial charge on any atom is -0.493 e. The van der Waals surface area contributed by atoms with E-state index in [2.05, 4.69) is 10.6 Å². The maximum absolute atomic E-state index is 14.2. The first kappa shape index (κ1) is 21.1. The third-order valence-corrected chi connectivity index (χ3v) is 5.19. The number of thiocarbonyl (C=S) groups is 1. The maximum atomic E-state index is 14.2. The number of Topliss-reactive ketones (excluding diaryl/α,β-unsaturated/α-hetero) is 1. The highest BCUT2D eigenvalue weighted by atomic mass is 35.5. The molecule has 0 saturated heterocycles. The molecule has 0 spiro atoms. The van der Waals surface area contributed by atoms with Crippen LogP contribution >= 0.6 is 23.8 Å². The molecule has 29 heavy (non-hydrogen) atoms. The molecule has 1 atom stereocenters. The highest BCUT2D eigenvalue weighted by Gasteiger charge is 2.31. The zero-order valence-corrected chi connectivity index (χ0v) is 17.7. The van der Waals surface area contributed by atoms with E-state index in [9.17, 15) is 9.18 Å². The normalized spacial score (nSPS) is 16.2. The summed E-state index contributed by atoms with van der Waals surface area (Å²) < 4.78 is 25.6. The van der Waals surface area contributed by atoms with Gasteiger partial charge in [0.1, 0.15) is 12.4 Å². The fraction of sp³-hybridized carbons (Fsp3) is 0.238. The molecule has 152 valence electrons. The standard InChI is InChI=1S/C21H20ClFN2O3S/c1-11-18(12(2)26)19(25-21(29)24-11)13-6-4-9-17(27-3)20(13)28-10-14-15(22)7-5-8-16(14)23/h4-9,19H,10H2,1-3H3,(H2,24,25,29). The zero-order chi connectivity index (χ0) is 21.1. The summed E-state index contributed by atoms with van der Waals surface area (Å²) in [6.45, 7) is 3.17. The monoisotopic (exact) mass is 434 g/mol. The first-order valence-corrected chi connectivity index (χ1v) is 9.64. The lowest BCUT2D eigenvalue weighted by atomic mass is 9.92. The quantitative estimate of drug-likeness (QED) is 0.655. The van der Waals surface area contributed by atoms with E-state index in [0.29, 0.717) is 33.4 Å². The van der Waals surface area contributed by atoms with Gasteiger partial charge in [-0.3, -0.25) is 4.79 Å². The van der Waals surface area contributed by atoms with Gasteiger partial charge in [0.25, 0.3) is 0 Å². The van der Waals surface area contributed by atoms with E-state index in [1.54, 1.807) is 25.1 Å². The van der Waals surface area contributed by atoms with E-state index in [0.717, 1.165) is 0 Å². The van der Waals surface area contributed by atoms with E-state index in [4.69, 9.17) is 33.3 Å². The SMILES string of the molecule is COc1cccc(C2NC(=S)NC(C)=C2C(C)=O)c1OCc1c(F)cccc1Cl. The Bertz CT molecular complexity index is 989. The number of halogens is 2. The molecule has 1 heterocycles. The number of carbonyl (C=O) groups is 1. The predicted octanol–water partition coefficient (Wildman–Crippen LogP) is 4.45. The maximum Gasteiger partial charge on any atom is 0.171 e. The van der Waals surface area contributed by atoms with Crippen molar-refractivity contribution in [2.45, 2.75) is 26.5 Å². The molecule has 0 aromatic heterocycles. The van der Waals surface area contributed by atoms with Crippen LogP contribution in [0.25, 0.3) is 0 Å². The van der Waals surface area contributed by atoms with Crippen molar-refractivity contribution in [2.24, 2.45) is 0 Å². The summed E-state index contributed by atoms with van der Waals surface area (Å²) in [5.41, 5.74) is 2.07. The number of hydrogen-bond acceptors (Lipinski definition) is 4. The lowest BCUT2D eigenvalue weighted by Gasteiger charge is -2.31. The van der Waals surface area contributed by atoms with Crippen molar-refractivity contribution >= 4 is 34.7 Å². The topological polar surface area (TPSA) is 59.6 Å². The predicted molar refractivity (Wildman–Crippen MR) is 114 cm³/mol. The van der Waals surface area contributed by atoms with Crippen LogP contribution in [0.1, 0.15) is 31.0 Å². The molecule has 0 fully saturated rings. The minimum absolute atomic E-state index is 0.105. The molecule has 2 N–H and O–H groups in total. The number of methoxy groups -OCH3 is 1. The molecule has 0 amide bonds. The molecule has 1 unspecified atom stereocenters. The Morgan fingerprint density at radius 1 is 1.28 bits per heavy atom. The second-order valence-electron chi connectivity index (χ2n) is 6.49. The minimum atomic E-state index is -0.539. The van der Waals surface area contributed by atoms with Crippen molar-refractivity contribution in [1.82, 2.24) is 10.6 Å². The Kier molecular flexibility index (Phi) is 6.39. The third kappa shape index (κ3) is 4.36. The van der Waals surface area contributed by atoms with Gasteiger partial charge in [0.2, 0.25) is 0 Å². The van der Waals surface area contributed by atoms with Crippen LogP contribution in [0.5, 0.6) is 11.5 Å². The highest BCUT2D eigenvalue weighted by Crippen LogP contribution is 2.40. The summed E-state index contributed by atoms with van der Waals surface area (Å²) in [7, 11) is 1.51. The van der Waals surface area contributed by atoms with Crippen LogP contribution in [0.2, 0.25) is 5.02 Å². The van der Waals surface area contributed by atoms with Gasteiger partial charge in [0, 0.05) is 22.4 Å². The van der Waals surface area contributed by atoms with E-state index >= 15 is 0 Å². The molecule has 0 saturated carbocycles. The fourth-order valence-corrected chi connectivity index (χ4v) is 3.77. The lowest BCUT2D eigenvalue weighted by molar-refractivity contribution is -0.114. The van der Waals surface area contributed by atoms with E-state index < -0.39 is 11.9 Å². The van der Waals surface area contributed by atoms with Gasteiger partial charge in [0.05, 0.1) is 18.2 Å². The Balaban J connectivity index is 2.05. The number of carbonyl (C=O) groups excluding carboxylic acids is 1. The van der Waals surface area contributed by atoms with Crippen LogP contribution in [-0.4, -0.2) is 18.0 Å². The highest BCUT2D eigenvalue weighted by molar-refractivity contribution is 7.80. The molecule has 8 heteroatoms. The first-order valence-electron chi connectivity index (χ1n) is 8.85.